The van der Waals surface area contributed by atoms with Crippen molar-refractivity contribution in [2.75, 3.05) is 0 Å². The van der Waals surface area contributed by atoms with Crippen LogP contribution in [0.5, 0.6) is 0 Å². The van der Waals surface area contributed by atoms with Gasteiger partial charge >= 0.3 is 17.5 Å². The smallest absolute Gasteiger partial charge is 0.442 e. The molecular formula is C29H36Br2F7IN9O9P2+. The number of halogens is 10. The number of rotatable bonds is 14. The van der Waals surface area contributed by atoms with E-state index in [1.807, 2.05) is 0 Å². The fraction of sp³-hybridized carbons (Fsp3) is 0.276. The molecule has 1 heterocycles. The zero-order valence-corrected chi connectivity index (χ0v) is 37.7. The summed E-state index contributed by atoms with van der Waals surface area (Å²) in [4.78, 5) is 82.2. The number of nitrogens with zero attached hydrogens (tertiary/aromatic N) is 2. The molecule has 3 atom stereocenters. The topological polar surface area (TPSA) is 396 Å². The van der Waals surface area contributed by atoms with Gasteiger partial charge in [-0.05, 0) is 64.0 Å². The van der Waals surface area contributed by atoms with Gasteiger partial charge in [-0.25, -0.2) is 0 Å². The van der Waals surface area contributed by atoms with Crippen molar-refractivity contribution in [1.29, 1.82) is 0 Å². The van der Waals surface area contributed by atoms with E-state index in [0.717, 1.165) is 42.5 Å². The number of amides is 3. The molecule has 3 amide bonds. The monoisotopic (exact) mass is 1130 g/mol. The first-order chi connectivity index (χ1) is 25.0. The van der Waals surface area contributed by atoms with E-state index in [1.165, 1.54) is 0 Å². The minimum absolute atomic E-state index is 0. The largest absolute Gasteiger partial charge is 0.806 e. The van der Waals surface area contributed by atoms with Gasteiger partial charge in [-0.1, -0.05) is 56.1 Å². The number of alkyl halides is 7. The molecule has 3 aromatic carbocycles. The van der Waals surface area contributed by atoms with E-state index < -0.39 is 112 Å². The van der Waals surface area contributed by atoms with Gasteiger partial charge in [0.05, 0.1) is 0 Å². The van der Waals surface area contributed by atoms with Crippen LogP contribution in [0.4, 0.5) is 30.7 Å². The van der Waals surface area contributed by atoms with Crippen LogP contribution in [-0.4, -0.2) is 40.9 Å². The lowest BCUT2D eigenvalue weighted by atomic mass is 9.99. The van der Waals surface area contributed by atoms with Gasteiger partial charge in [0.1, 0.15) is 12.1 Å². The van der Waals surface area contributed by atoms with E-state index in [2.05, 4.69) is 52.7 Å². The first-order valence-electron chi connectivity index (χ1n) is 14.6. The first-order valence-corrected chi connectivity index (χ1v) is 20.4. The first kappa shape index (κ1) is 56.0. The van der Waals surface area contributed by atoms with Gasteiger partial charge in [-0.2, -0.15) is 30.7 Å². The van der Waals surface area contributed by atoms with Crippen LogP contribution in [0.3, 0.4) is 0 Å². The van der Waals surface area contributed by atoms with Crippen LogP contribution in [0.25, 0.3) is 0 Å². The second-order valence-corrected chi connectivity index (χ2v) is 17.8. The fourth-order valence-electron chi connectivity index (χ4n) is 4.94. The number of quaternary nitrogens is 4. The molecule has 1 aliphatic heterocycles. The van der Waals surface area contributed by atoms with E-state index in [9.17, 15) is 68.9 Å². The molecule has 1 aliphatic rings. The highest BCUT2D eigenvalue weighted by Crippen LogP contribution is 2.58. The average Bonchev–Trinajstić information content (AvgIpc) is 3.85. The van der Waals surface area contributed by atoms with E-state index in [0.29, 0.717) is 12.1 Å². The van der Waals surface area contributed by atoms with Crippen LogP contribution < -0.4 is 55.6 Å². The highest BCUT2D eigenvalue weighted by molar-refractivity contribution is 14.1. The van der Waals surface area contributed by atoms with Crippen LogP contribution in [0, 0.1) is 3.57 Å². The quantitative estimate of drug-likeness (QED) is 0.0564. The van der Waals surface area contributed by atoms with Crippen LogP contribution in [0.15, 0.2) is 73.8 Å². The van der Waals surface area contributed by atoms with Gasteiger partial charge in [0.2, 0.25) is 19.4 Å². The Kier molecular flexibility index (Phi) is 18.8. The summed E-state index contributed by atoms with van der Waals surface area (Å²) in [5.41, 5.74) is -10.6. The van der Waals surface area contributed by atoms with E-state index in [1.54, 1.807) is 22.6 Å². The van der Waals surface area contributed by atoms with Gasteiger partial charge in [-0.15, -0.1) is 10.2 Å². The molecule has 0 saturated carbocycles. The third-order valence-corrected chi connectivity index (χ3v) is 11.6. The minimum Gasteiger partial charge on any atom is -0.806 e. The van der Waals surface area contributed by atoms with Crippen LogP contribution in [0.1, 0.15) is 38.2 Å². The van der Waals surface area contributed by atoms with Gasteiger partial charge in [0.15, 0.2) is 0 Å². The summed E-state index contributed by atoms with van der Waals surface area (Å²) in [6.45, 7) is 0. The van der Waals surface area contributed by atoms with Crippen LogP contribution >= 0.6 is 69.6 Å². The molecule has 59 heavy (non-hydrogen) atoms. The number of hydrogen-bond donors (Lipinski definition) is 8. The summed E-state index contributed by atoms with van der Waals surface area (Å²) < 4.78 is 120. The van der Waals surface area contributed by atoms with Crippen molar-refractivity contribution in [3.05, 3.63) is 100 Å². The van der Waals surface area contributed by atoms with Crippen molar-refractivity contribution in [1.82, 2.24) is 35.2 Å². The number of primary amides is 1. The maximum Gasteiger partial charge on any atom is 0.442 e. The lowest BCUT2D eigenvalue weighted by molar-refractivity contribution is -0.335. The zero-order valence-electron chi connectivity index (χ0n) is 30.6. The molecule has 21 N–H and O–H groups in total. The molecule has 0 fully saturated rings. The molecule has 0 saturated heterocycles. The molecule has 0 spiro atoms. The minimum atomic E-state index is -6.48. The predicted octanol–water partition coefficient (Wildman–Crippen LogP) is 5.61. The number of carbonyl (C=O) groups is 3. The number of nitrogens with one attached hydrogen (secondary N) is 2. The highest BCUT2D eigenvalue weighted by Gasteiger charge is 2.65. The van der Waals surface area contributed by atoms with E-state index in [-0.39, 0.29) is 39.3 Å². The molecule has 0 bridgehead atoms. The van der Waals surface area contributed by atoms with Gasteiger partial charge in [-0.3, -0.25) is 14.4 Å². The molecule has 3 aromatic rings. The lowest BCUT2D eigenvalue weighted by Gasteiger charge is -2.38. The van der Waals surface area contributed by atoms with E-state index >= 15 is 0 Å². The number of hydrogen-bond acceptors (Lipinski definition) is 10. The molecular weight excluding hydrogens is 1100 g/mol. The summed E-state index contributed by atoms with van der Waals surface area (Å²) in [6, 6.07) is 4.24. The maximum atomic E-state index is 14.4. The van der Waals surface area contributed by atoms with Crippen molar-refractivity contribution in [2.45, 2.75) is 48.1 Å². The summed E-state index contributed by atoms with van der Waals surface area (Å²) >= 11 is 7.11. The Morgan fingerprint density at radius 1 is 0.780 bits per heavy atom. The van der Waals surface area contributed by atoms with Gasteiger partial charge < -0.3 is 69.7 Å². The van der Waals surface area contributed by atoms with E-state index in [4.69, 9.17) is 10.6 Å². The molecule has 1 unspecified atom stereocenters. The second kappa shape index (κ2) is 19.8. The fourth-order valence-corrected chi connectivity index (χ4v) is 8.26. The molecule has 0 aliphatic carbocycles. The average molecular weight is 1140 g/mol. The Hall–Kier alpha value is -2.99. The Bertz CT molecular complexity index is 2200. The van der Waals surface area contributed by atoms with Crippen LogP contribution in [-0.2, 0) is 48.6 Å². The highest BCUT2D eigenvalue weighted by atomic mass is 127. The Morgan fingerprint density at radius 2 is 1.24 bits per heavy atom. The Labute approximate surface area is 359 Å². The van der Waals surface area contributed by atoms with Crippen molar-refractivity contribution in [3.8, 4) is 0 Å². The predicted molar refractivity (Wildman–Crippen MR) is 209 cm³/mol. The summed E-state index contributed by atoms with van der Waals surface area (Å²) in [6.07, 6.45) is -6.17. The summed E-state index contributed by atoms with van der Waals surface area (Å²) in [7, 11) is -12.8. The number of nitrogens with two attached hydrogens (primary N) is 1. The number of carbonyl (C=O) groups excluding carboxylic acids is 3. The SMILES string of the molecule is NC(=O)[C@H](Cc1ccc(C(F)(F)P(=O)([O-])[O-])c(Br)c1)NC(=O)[C@H](Cc1ccc(C(F)(F)P(=O)([O-])O)c(Br)c1)NC(=O)c1cc(I)cc(C2(C(F)(F)F)N=N2)c1.[NH4+].[NH4+].[NH4+].[NH4+]. The van der Waals surface area contributed by atoms with Crippen molar-refractivity contribution >= 4 is 87.4 Å². The molecule has 30 heteroatoms. The van der Waals surface area contributed by atoms with Crippen molar-refractivity contribution in [2.24, 2.45) is 16.0 Å². The molecule has 0 aromatic heterocycles. The van der Waals surface area contributed by atoms with Crippen LogP contribution in [0.2, 0.25) is 0 Å². The summed E-state index contributed by atoms with van der Waals surface area (Å²) in [5, 5.41) is 10.7. The molecule has 0 radical (unpaired) electrons. The second-order valence-electron chi connectivity index (χ2n) is 11.7. The van der Waals surface area contributed by atoms with Gasteiger partial charge in [0.25, 0.3) is 11.6 Å². The maximum absolute atomic E-state index is 14.4. The normalized spacial score (nSPS) is 15.4. The van der Waals surface area contributed by atoms with Crippen molar-refractivity contribution < 1.29 is 73.8 Å². The third-order valence-electron chi connectivity index (χ3n) is 7.83. The Morgan fingerprint density at radius 3 is 1.63 bits per heavy atom. The lowest BCUT2D eigenvalue weighted by Crippen LogP contribution is -2.54. The zero-order chi connectivity index (χ0) is 41.7. The number of benzene rings is 3. The molecule has 18 nitrogen and oxygen atoms in total. The molecule has 4 rings (SSSR count). The molecule has 330 valence electrons. The summed E-state index contributed by atoms with van der Waals surface area (Å²) in [5.74, 6) is -3.62. The standard InChI is InChI=1S/C29H23Br2F7IN5O9P2.4H3N/c30-19-5-12(1-3-17(19)27(32,33)54(48,49)50)7-21(23(40)45)41-25(47)22(8-13-2-4-18(20(31)6-13)28(34,35)55(51,52)53)42-24(46)14-9-15(11-16(39)10-14)26(43-44-26)29(36,37)38;;;;/h1-6,9-11,21-22H,7-8H2,(H2,40,45)(H,41,47)(H,42,46)(H2,48,49,50)(H2,51,52,53);4*1H3/p+1/t21-,22-;;;;/m0..../s1. The van der Waals surface area contributed by atoms with Crippen molar-refractivity contribution in [3.63, 3.8) is 0 Å². The van der Waals surface area contributed by atoms with Gasteiger partial charge in [0, 0.05) is 55.2 Å². The third kappa shape index (κ3) is 12.1. The Balaban J connectivity index is 0.00000841.